The van der Waals surface area contributed by atoms with Crippen molar-refractivity contribution in [1.29, 1.82) is 5.41 Å². The molecule has 1 fully saturated rings. The Hall–Kier alpha value is -1.38. The van der Waals surface area contributed by atoms with Gasteiger partial charge in [-0.2, -0.15) is 0 Å². The molecular weight excluding hydrogens is 162 g/mol. The maximum atomic E-state index is 7.71. The SMILES string of the molecule is Cc1cncc(N2CCCC2=N)c1. The molecule has 68 valence electrons. The highest BCUT2D eigenvalue weighted by molar-refractivity contribution is 5.97. The largest absolute Gasteiger partial charge is 0.329 e. The van der Waals surface area contributed by atoms with Gasteiger partial charge in [0.25, 0.3) is 0 Å². The van der Waals surface area contributed by atoms with Crippen molar-refractivity contribution in [2.24, 2.45) is 0 Å². The van der Waals surface area contributed by atoms with E-state index in [2.05, 4.69) is 11.1 Å². The van der Waals surface area contributed by atoms with Crippen LogP contribution < -0.4 is 4.90 Å². The van der Waals surface area contributed by atoms with E-state index >= 15 is 0 Å². The van der Waals surface area contributed by atoms with Crippen LogP contribution in [0.5, 0.6) is 0 Å². The number of hydrogen-bond acceptors (Lipinski definition) is 2. The molecule has 3 heteroatoms. The second-order valence-electron chi connectivity index (χ2n) is 3.42. The lowest BCUT2D eigenvalue weighted by Crippen LogP contribution is -2.23. The number of rotatable bonds is 1. The first-order chi connectivity index (χ1) is 6.27. The average molecular weight is 175 g/mol. The number of pyridine rings is 1. The summed E-state index contributed by atoms with van der Waals surface area (Å²) in [4.78, 5) is 6.15. The molecule has 0 aliphatic carbocycles. The Labute approximate surface area is 77.9 Å². The fourth-order valence-corrected chi connectivity index (χ4v) is 1.65. The van der Waals surface area contributed by atoms with Crippen molar-refractivity contribution in [3.63, 3.8) is 0 Å². The first-order valence-electron chi connectivity index (χ1n) is 4.54. The number of nitrogens with zero attached hydrogens (tertiary/aromatic N) is 2. The highest BCUT2D eigenvalue weighted by Gasteiger charge is 2.18. The molecule has 1 aliphatic rings. The zero-order chi connectivity index (χ0) is 9.26. The molecule has 1 aromatic heterocycles. The van der Waals surface area contributed by atoms with E-state index in [0.717, 1.165) is 30.6 Å². The van der Waals surface area contributed by atoms with E-state index in [0.29, 0.717) is 5.84 Å². The summed E-state index contributed by atoms with van der Waals surface area (Å²) >= 11 is 0. The Morgan fingerprint density at radius 2 is 2.31 bits per heavy atom. The minimum atomic E-state index is 0.715. The minimum Gasteiger partial charge on any atom is -0.329 e. The van der Waals surface area contributed by atoms with Crippen LogP contribution in [0.15, 0.2) is 18.5 Å². The Balaban J connectivity index is 2.29. The van der Waals surface area contributed by atoms with Gasteiger partial charge in [0.05, 0.1) is 11.9 Å². The smallest absolute Gasteiger partial charge is 0.100 e. The maximum absolute atomic E-state index is 7.71. The van der Waals surface area contributed by atoms with Crippen LogP contribution in [0.3, 0.4) is 0 Å². The van der Waals surface area contributed by atoms with Crippen molar-refractivity contribution in [2.75, 3.05) is 11.4 Å². The van der Waals surface area contributed by atoms with Gasteiger partial charge in [-0.3, -0.25) is 10.4 Å². The summed E-state index contributed by atoms with van der Waals surface area (Å²) < 4.78 is 0. The van der Waals surface area contributed by atoms with E-state index in [1.807, 2.05) is 24.2 Å². The van der Waals surface area contributed by atoms with Crippen LogP contribution in [0.4, 0.5) is 5.69 Å². The standard InChI is InChI=1S/C10H13N3/c1-8-5-9(7-12-6-8)13-4-2-3-10(13)11/h5-7,11H,2-4H2,1H3. The average Bonchev–Trinajstić information content (AvgIpc) is 2.51. The van der Waals surface area contributed by atoms with Crippen molar-refractivity contribution in [3.05, 3.63) is 24.0 Å². The highest BCUT2D eigenvalue weighted by atomic mass is 15.2. The van der Waals surface area contributed by atoms with Crippen molar-refractivity contribution >= 4 is 11.5 Å². The zero-order valence-electron chi connectivity index (χ0n) is 7.75. The molecule has 13 heavy (non-hydrogen) atoms. The Bertz CT molecular complexity index is 333. The van der Waals surface area contributed by atoms with Gasteiger partial charge in [-0.15, -0.1) is 0 Å². The first kappa shape index (κ1) is 8.23. The van der Waals surface area contributed by atoms with E-state index < -0.39 is 0 Å². The maximum Gasteiger partial charge on any atom is 0.100 e. The van der Waals surface area contributed by atoms with Crippen molar-refractivity contribution in [2.45, 2.75) is 19.8 Å². The van der Waals surface area contributed by atoms with Gasteiger partial charge in [-0.25, -0.2) is 0 Å². The summed E-state index contributed by atoms with van der Waals surface area (Å²) in [6.07, 6.45) is 5.65. The fraction of sp³-hybridized carbons (Fsp3) is 0.400. The van der Waals surface area contributed by atoms with Crippen LogP contribution in [-0.2, 0) is 0 Å². The Morgan fingerprint density at radius 3 is 2.92 bits per heavy atom. The lowest BCUT2D eigenvalue weighted by Gasteiger charge is -2.17. The van der Waals surface area contributed by atoms with E-state index in [-0.39, 0.29) is 0 Å². The van der Waals surface area contributed by atoms with Crippen LogP contribution in [-0.4, -0.2) is 17.4 Å². The van der Waals surface area contributed by atoms with Crippen LogP contribution in [0.1, 0.15) is 18.4 Å². The first-order valence-corrected chi connectivity index (χ1v) is 4.54. The summed E-state index contributed by atoms with van der Waals surface area (Å²) in [7, 11) is 0. The molecule has 2 heterocycles. The Morgan fingerprint density at radius 1 is 1.46 bits per heavy atom. The molecule has 1 N–H and O–H groups in total. The molecule has 2 rings (SSSR count). The molecule has 0 bridgehead atoms. The summed E-state index contributed by atoms with van der Waals surface area (Å²) in [5, 5.41) is 7.71. The normalized spacial score (nSPS) is 16.7. The lowest BCUT2D eigenvalue weighted by molar-refractivity contribution is 0.953. The van der Waals surface area contributed by atoms with Crippen molar-refractivity contribution < 1.29 is 0 Å². The Kier molecular flexibility index (Phi) is 2.00. The van der Waals surface area contributed by atoms with Crippen molar-refractivity contribution in [3.8, 4) is 0 Å². The van der Waals surface area contributed by atoms with Gasteiger partial charge in [0.1, 0.15) is 5.84 Å². The summed E-state index contributed by atoms with van der Waals surface area (Å²) in [6, 6.07) is 2.08. The molecule has 1 aromatic rings. The third kappa shape index (κ3) is 1.54. The molecule has 1 aliphatic heterocycles. The molecular formula is C10H13N3. The summed E-state index contributed by atoms with van der Waals surface area (Å²) in [6.45, 7) is 2.99. The van der Waals surface area contributed by atoms with Gasteiger partial charge in [0.15, 0.2) is 0 Å². The van der Waals surface area contributed by atoms with Gasteiger partial charge in [0.2, 0.25) is 0 Å². The molecule has 0 radical (unpaired) electrons. The highest BCUT2D eigenvalue weighted by Crippen LogP contribution is 2.20. The third-order valence-electron chi connectivity index (χ3n) is 2.29. The second-order valence-corrected chi connectivity index (χ2v) is 3.42. The molecule has 0 unspecified atom stereocenters. The van der Waals surface area contributed by atoms with Gasteiger partial charge in [-0.1, -0.05) is 0 Å². The molecule has 3 nitrogen and oxygen atoms in total. The molecule has 0 saturated carbocycles. The summed E-state index contributed by atoms with van der Waals surface area (Å²) in [5.41, 5.74) is 2.21. The molecule has 0 atom stereocenters. The number of amidine groups is 1. The molecule has 1 saturated heterocycles. The fourth-order valence-electron chi connectivity index (χ4n) is 1.65. The summed E-state index contributed by atoms with van der Waals surface area (Å²) in [5.74, 6) is 0.715. The number of hydrogen-bond donors (Lipinski definition) is 1. The third-order valence-corrected chi connectivity index (χ3v) is 2.29. The van der Waals surface area contributed by atoms with Crippen LogP contribution in [0, 0.1) is 12.3 Å². The van der Waals surface area contributed by atoms with Crippen LogP contribution in [0.25, 0.3) is 0 Å². The van der Waals surface area contributed by atoms with Crippen LogP contribution in [0.2, 0.25) is 0 Å². The second kappa shape index (κ2) is 3.17. The molecule has 0 aromatic carbocycles. The van der Waals surface area contributed by atoms with Gasteiger partial charge in [0, 0.05) is 19.2 Å². The molecule has 0 spiro atoms. The minimum absolute atomic E-state index is 0.715. The predicted molar refractivity (Wildman–Crippen MR) is 53.3 cm³/mol. The predicted octanol–water partition coefficient (Wildman–Crippen LogP) is 1.97. The number of anilines is 1. The van der Waals surface area contributed by atoms with Crippen LogP contribution >= 0.6 is 0 Å². The van der Waals surface area contributed by atoms with E-state index in [1.54, 1.807) is 0 Å². The van der Waals surface area contributed by atoms with E-state index in [4.69, 9.17) is 5.41 Å². The lowest BCUT2D eigenvalue weighted by atomic mass is 10.3. The number of nitrogens with one attached hydrogen (secondary N) is 1. The van der Waals surface area contributed by atoms with E-state index in [9.17, 15) is 0 Å². The number of aromatic nitrogens is 1. The van der Waals surface area contributed by atoms with Gasteiger partial charge < -0.3 is 4.90 Å². The molecule has 0 amide bonds. The van der Waals surface area contributed by atoms with Gasteiger partial charge >= 0.3 is 0 Å². The van der Waals surface area contributed by atoms with E-state index in [1.165, 1.54) is 0 Å². The van der Waals surface area contributed by atoms with Gasteiger partial charge in [-0.05, 0) is 25.0 Å². The zero-order valence-corrected chi connectivity index (χ0v) is 7.75. The number of aryl methyl sites for hydroxylation is 1. The topological polar surface area (TPSA) is 40.0 Å². The monoisotopic (exact) mass is 175 g/mol. The quantitative estimate of drug-likeness (QED) is 0.708. The van der Waals surface area contributed by atoms with Crippen molar-refractivity contribution in [1.82, 2.24) is 4.98 Å².